The summed E-state index contributed by atoms with van der Waals surface area (Å²) < 4.78 is 0. The highest BCUT2D eigenvalue weighted by Gasteiger charge is 2.18. The van der Waals surface area contributed by atoms with Crippen molar-refractivity contribution in [3.63, 3.8) is 0 Å². The second-order valence-corrected chi connectivity index (χ2v) is 7.05. The summed E-state index contributed by atoms with van der Waals surface area (Å²) in [6.07, 6.45) is 2.35. The first-order chi connectivity index (χ1) is 9.54. The van der Waals surface area contributed by atoms with Crippen LogP contribution in [0.4, 0.5) is 5.69 Å². The van der Waals surface area contributed by atoms with Gasteiger partial charge in [0, 0.05) is 16.0 Å². The van der Waals surface area contributed by atoms with Crippen molar-refractivity contribution in [1.82, 2.24) is 4.90 Å². The zero-order valence-corrected chi connectivity index (χ0v) is 13.6. The van der Waals surface area contributed by atoms with Crippen molar-refractivity contribution >= 4 is 35.0 Å². The van der Waals surface area contributed by atoms with Gasteiger partial charge in [0.05, 0.1) is 5.75 Å². The van der Waals surface area contributed by atoms with E-state index < -0.39 is 0 Å². The topological polar surface area (TPSA) is 32.3 Å². The van der Waals surface area contributed by atoms with Gasteiger partial charge in [-0.05, 0) is 63.7 Å². The number of benzene rings is 1. The van der Waals surface area contributed by atoms with E-state index in [9.17, 15) is 4.79 Å². The fourth-order valence-corrected chi connectivity index (χ4v) is 3.53. The highest BCUT2D eigenvalue weighted by Crippen LogP contribution is 2.24. The molecule has 1 saturated heterocycles. The van der Waals surface area contributed by atoms with Crippen molar-refractivity contribution in [3.05, 3.63) is 28.8 Å². The first-order valence-electron chi connectivity index (χ1n) is 6.91. The maximum absolute atomic E-state index is 12.0. The Morgan fingerprint density at radius 3 is 2.80 bits per heavy atom. The Kier molecular flexibility index (Phi) is 5.75. The van der Waals surface area contributed by atoms with Gasteiger partial charge in [-0.3, -0.25) is 4.79 Å². The number of hydrogen-bond acceptors (Lipinski definition) is 3. The number of piperidine rings is 1. The molecule has 0 atom stereocenters. The Hall–Kier alpha value is -0.710. The van der Waals surface area contributed by atoms with E-state index in [1.165, 1.54) is 12.8 Å². The van der Waals surface area contributed by atoms with Crippen molar-refractivity contribution in [2.45, 2.75) is 25.0 Å². The molecule has 0 aromatic heterocycles. The van der Waals surface area contributed by atoms with Crippen LogP contribution < -0.4 is 5.32 Å². The summed E-state index contributed by atoms with van der Waals surface area (Å²) in [5.74, 6) is 0.593. The molecule has 1 N–H and O–H groups in total. The summed E-state index contributed by atoms with van der Waals surface area (Å²) in [4.78, 5) is 14.3. The third-order valence-electron chi connectivity index (χ3n) is 3.58. The van der Waals surface area contributed by atoms with E-state index in [2.05, 4.69) is 17.3 Å². The first kappa shape index (κ1) is 15.7. The highest BCUT2D eigenvalue weighted by molar-refractivity contribution is 8.00. The molecule has 1 aliphatic rings. The largest absolute Gasteiger partial charge is 0.325 e. The predicted octanol–water partition coefficient (Wildman–Crippen LogP) is 3.41. The van der Waals surface area contributed by atoms with Gasteiger partial charge in [0.1, 0.15) is 0 Å². The van der Waals surface area contributed by atoms with Gasteiger partial charge in [-0.15, -0.1) is 11.8 Å². The van der Waals surface area contributed by atoms with Gasteiger partial charge in [0.15, 0.2) is 0 Å². The lowest BCUT2D eigenvalue weighted by Gasteiger charge is -2.28. The van der Waals surface area contributed by atoms with E-state index in [0.29, 0.717) is 16.0 Å². The molecule has 1 fully saturated rings. The molecular weight excluding hydrogens is 292 g/mol. The molecule has 3 nitrogen and oxygen atoms in total. The first-order valence-corrected chi connectivity index (χ1v) is 8.33. The van der Waals surface area contributed by atoms with E-state index in [-0.39, 0.29) is 5.91 Å². The van der Waals surface area contributed by atoms with Gasteiger partial charge < -0.3 is 10.2 Å². The lowest BCUT2D eigenvalue weighted by atomic mass is 10.1. The quantitative estimate of drug-likeness (QED) is 0.924. The number of likely N-dealkylation sites (tertiary alicyclic amines) is 1. The van der Waals surface area contributed by atoms with Crippen molar-refractivity contribution in [2.75, 3.05) is 31.2 Å². The fourth-order valence-electron chi connectivity index (χ4n) is 2.30. The molecule has 0 radical (unpaired) electrons. The molecule has 1 amide bonds. The standard InChI is InChI=1S/C15H21ClN2OS/c1-11-9-12(16)3-4-14(11)17-15(19)10-20-13-5-7-18(2)8-6-13/h3-4,9,13H,5-8,10H2,1-2H3,(H,17,19). The number of hydrogen-bond donors (Lipinski definition) is 1. The minimum absolute atomic E-state index is 0.0688. The monoisotopic (exact) mass is 312 g/mol. The molecule has 2 rings (SSSR count). The average Bonchev–Trinajstić information content (AvgIpc) is 2.41. The summed E-state index contributed by atoms with van der Waals surface area (Å²) in [7, 11) is 2.15. The third kappa shape index (κ3) is 4.69. The van der Waals surface area contributed by atoms with Gasteiger partial charge in [0.25, 0.3) is 0 Å². The van der Waals surface area contributed by atoms with Gasteiger partial charge in [-0.1, -0.05) is 11.6 Å². The Balaban J connectivity index is 1.78. The van der Waals surface area contributed by atoms with Crippen molar-refractivity contribution in [3.8, 4) is 0 Å². The molecule has 5 heteroatoms. The predicted molar refractivity (Wildman–Crippen MR) is 87.8 cm³/mol. The maximum atomic E-state index is 12.0. The van der Waals surface area contributed by atoms with Crippen LogP contribution in [0, 0.1) is 6.92 Å². The summed E-state index contributed by atoms with van der Waals surface area (Å²) in [6, 6.07) is 5.52. The number of anilines is 1. The van der Waals surface area contributed by atoms with Crippen molar-refractivity contribution in [1.29, 1.82) is 0 Å². The Labute approximate surface area is 130 Å². The van der Waals surface area contributed by atoms with Crippen LogP contribution in [0.3, 0.4) is 0 Å². The zero-order valence-electron chi connectivity index (χ0n) is 12.0. The maximum Gasteiger partial charge on any atom is 0.234 e. The average molecular weight is 313 g/mol. The van der Waals surface area contributed by atoms with Crippen LogP contribution in [-0.2, 0) is 4.79 Å². The molecule has 0 unspecified atom stereocenters. The summed E-state index contributed by atoms with van der Waals surface area (Å²) in [6.45, 7) is 4.22. The van der Waals surface area contributed by atoms with Crippen LogP contribution in [0.1, 0.15) is 18.4 Å². The van der Waals surface area contributed by atoms with Crippen LogP contribution in [0.25, 0.3) is 0 Å². The molecule has 0 saturated carbocycles. The number of thioether (sulfide) groups is 1. The summed E-state index contributed by atoms with van der Waals surface area (Å²) >= 11 is 7.68. The van der Waals surface area contributed by atoms with Crippen LogP contribution in [-0.4, -0.2) is 41.9 Å². The molecule has 1 aliphatic heterocycles. The molecule has 1 aromatic carbocycles. The van der Waals surface area contributed by atoms with E-state index in [4.69, 9.17) is 11.6 Å². The number of carbonyl (C=O) groups is 1. The number of nitrogens with zero attached hydrogens (tertiary/aromatic N) is 1. The van der Waals surface area contributed by atoms with Crippen LogP contribution in [0.2, 0.25) is 5.02 Å². The summed E-state index contributed by atoms with van der Waals surface area (Å²) in [5, 5.41) is 4.27. The van der Waals surface area contributed by atoms with E-state index in [1.54, 1.807) is 17.8 Å². The SMILES string of the molecule is Cc1cc(Cl)ccc1NC(=O)CSC1CCN(C)CC1. The van der Waals surface area contributed by atoms with Gasteiger partial charge in [0.2, 0.25) is 5.91 Å². The molecule has 0 aliphatic carbocycles. The second-order valence-electron chi connectivity index (χ2n) is 5.32. The fraction of sp³-hybridized carbons (Fsp3) is 0.533. The molecule has 0 bridgehead atoms. The minimum atomic E-state index is 0.0688. The molecule has 1 aromatic rings. The normalized spacial score (nSPS) is 17.1. The van der Waals surface area contributed by atoms with E-state index in [1.807, 2.05) is 19.1 Å². The molecule has 1 heterocycles. The van der Waals surface area contributed by atoms with E-state index in [0.717, 1.165) is 24.3 Å². The van der Waals surface area contributed by atoms with Gasteiger partial charge >= 0.3 is 0 Å². The lowest BCUT2D eigenvalue weighted by molar-refractivity contribution is -0.113. The smallest absolute Gasteiger partial charge is 0.234 e. The number of carbonyl (C=O) groups excluding carboxylic acids is 1. The molecular formula is C15H21ClN2OS. The van der Waals surface area contributed by atoms with Crippen molar-refractivity contribution in [2.24, 2.45) is 0 Å². The number of halogens is 1. The van der Waals surface area contributed by atoms with E-state index >= 15 is 0 Å². The number of aryl methyl sites for hydroxylation is 1. The van der Waals surface area contributed by atoms with Crippen molar-refractivity contribution < 1.29 is 4.79 Å². The van der Waals surface area contributed by atoms with Gasteiger partial charge in [-0.25, -0.2) is 0 Å². The molecule has 110 valence electrons. The minimum Gasteiger partial charge on any atom is -0.325 e. The number of amides is 1. The second kappa shape index (κ2) is 7.34. The third-order valence-corrected chi connectivity index (χ3v) is 5.19. The Bertz CT molecular complexity index is 473. The molecule has 20 heavy (non-hydrogen) atoms. The number of nitrogens with one attached hydrogen (secondary N) is 1. The van der Waals surface area contributed by atoms with Crippen LogP contribution in [0.15, 0.2) is 18.2 Å². The zero-order chi connectivity index (χ0) is 14.5. The Morgan fingerprint density at radius 2 is 2.15 bits per heavy atom. The Morgan fingerprint density at radius 1 is 1.45 bits per heavy atom. The van der Waals surface area contributed by atoms with Crippen LogP contribution in [0.5, 0.6) is 0 Å². The summed E-state index contributed by atoms with van der Waals surface area (Å²) in [5.41, 5.74) is 1.85. The van der Waals surface area contributed by atoms with Gasteiger partial charge in [-0.2, -0.15) is 0 Å². The van der Waals surface area contributed by atoms with Crippen LogP contribution >= 0.6 is 23.4 Å². The molecule has 0 spiro atoms. The highest BCUT2D eigenvalue weighted by atomic mass is 35.5. The number of rotatable bonds is 4. The lowest BCUT2D eigenvalue weighted by Crippen LogP contribution is -2.32.